The number of carbonyl (C=O) groups excluding carboxylic acids is 1. The van der Waals surface area contributed by atoms with Crippen molar-refractivity contribution in [2.45, 2.75) is 25.7 Å². The molecule has 16 heavy (non-hydrogen) atoms. The summed E-state index contributed by atoms with van der Waals surface area (Å²) in [5.74, 6) is -2.20. The van der Waals surface area contributed by atoms with Gasteiger partial charge >= 0.3 is 5.97 Å². The van der Waals surface area contributed by atoms with Gasteiger partial charge in [-0.2, -0.15) is 0 Å². The van der Waals surface area contributed by atoms with E-state index in [1.165, 1.54) is 7.05 Å². The second-order valence-electron chi connectivity index (χ2n) is 4.15. The van der Waals surface area contributed by atoms with Gasteiger partial charge in [0.1, 0.15) is 0 Å². The first kappa shape index (κ1) is 12.9. The highest BCUT2D eigenvalue weighted by Crippen LogP contribution is 2.32. The van der Waals surface area contributed by atoms with Crippen molar-refractivity contribution in [2.75, 3.05) is 13.6 Å². The van der Waals surface area contributed by atoms with E-state index in [2.05, 4.69) is 0 Å². The van der Waals surface area contributed by atoms with Crippen LogP contribution in [0.15, 0.2) is 0 Å². The largest absolute Gasteiger partial charge is 0.481 e. The molecule has 0 aromatic heterocycles. The molecule has 0 saturated heterocycles. The number of carbonyl (C=O) groups is 2. The van der Waals surface area contributed by atoms with E-state index < -0.39 is 30.8 Å². The molecule has 6 heteroatoms. The van der Waals surface area contributed by atoms with Gasteiger partial charge < -0.3 is 10.0 Å². The van der Waals surface area contributed by atoms with Crippen molar-refractivity contribution >= 4 is 11.9 Å². The molecule has 0 aliphatic heterocycles. The normalized spacial score (nSPS) is 24.8. The summed E-state index contributed by atoms with van der Waals surface area (Å²) in [6.07, 6.45) is -1.36. The van der Waals surface area contributed by atoms with Crippen molar-refractivity contribution in [3.63, 3.8) is 0 Å². The van der Waals surface area contributed by atoms with Gasteiger partial charge in [0, 0.05) is 13.0 Å². The van der Waals surface area contributed by atoms with Crippen LogP contribution in [0.2, 0.25) is 0 Å². The van der Waals surface area contributed by atoms with Crippen LogP contribution < -0.4 is 0 Å². The molecule has 2 atom stereocenters. The standard InChI is InChI=1S/C10H15F2NO3/c1-13(5-8(11)12)9(14)6-2-3-7(4-6)10(15)16/h6-8H,2-5H2,1H3,(H,15,16)/t6-,7+/m1/s1. The molecule has 1 amide bonds. The number of nitrogens with zero attached hydrogens (tertiary/aromatic N) is 1. The summed E-state index contributed by atoms with van der Waals surface area (Å²) in [6.45, 7) is -0.590. The molecule has 1 aliphatic rings. The van der Waals surface area contributed by atoms with E-state index in [1.54, 1.807) is 0 Å². The molecular formula is C10H15F2NO3. The number of amides is 1. The Kier molecular flexibility index (Phi) is 4.20. The van der Waals surface area contributed by atoms with Crippen LogP contribution in [-0.4, -0.2) is 41.9 Å². The first-order valence-corrected chi connectivity index (χ1v) is 5.17. The number of hydrogen-bond acceptors (Lipinski definition) is 2. The van der Waals surface area contributed by atoms with Crippen molar-refractivity contribution in [2.24, 2.45) is 11.8 Å². The number of carboxylic acid groups (broad SMARTS) is 1. The Morgan fingerprint density at radius 3 is 2.38 bits per heavy atom. The molecule has 4 nitrogen and oxygen atoms in total. The first-order chi connectivity index (χ1) is 7.41. The molecule has 1 aliphatic carbocycles. The first-order valence-electron chi connectivity index (χ1n) is 5.17. The van der Waals surface area contributed by atoms with Gasteiger partial charge in [-0.1, -0.05) is 0 Å². The molecule has 92 valence electrons. The average Bonchev–Trinajstić information content (AvgIpc) is 2.64. The number of carboxylic acids is 1. The molecule has 0 aromatic rings. The topological polar surface area (TPSA) is 57.6 Å². The highest BCUT2D eigenvalue weighted by atomic mass is 19.3. The van der Waals surface area contributed by atoms with Gasteiger partial charge in [-0.25, -0.2) is 8.78 Å². The molecule has 0 radical (unpaired) electrons. The zero-order valence-corrected chi connectivity index (χ0v) is 9.03. The van der Waals surface area contributed by atoms with Crippen molar-refractivity contribution < 1.29 is 23.5 Å². The highest BCUT2D eigenvalue weighted by molar-refractivity contribution is 5.80. The average molecular weight is 235 g/mol. The van der Waals surface area contributed by atoms with Crippen molar-refractivity contribution in [3.05, 3.63) is 0 Å². The molecule has 0 bridgehead atoms. The second kappa shape index (κ2) is 5.23. The number of alkyl halides is 2. The molecule has 0 aromatic carbocycles. The zero-order valence-electron chi connectivity index (χ0n) is 9.03. The quantitative estimate of drug-likeness (QED) is 0.796. The van der Waals surface area contributed by atoms with Crippen molar-refractivity contribution in [3.8, 4) is 0 Å². The fourth-order valence-corrected chi connectivity index (χ4v) is 2.04. The SMILES string of the molecule is CN(CC(F)F)C(=O)[C@@H]1CC[C@H](C(=O)O)C1. The third-order valence-corrected chi connectivity index (χ3v) is 2.92. The lowest BCUT2D eigenvalue weighted by Crippen LogP contribution is -2.35. The van der Waals surface area contributed by atoms with Crippen LogP contribution in [0, 0.1) is 11.8 Å². The molecule has 1 N–H and O–H groups in total. The maximum atomic E-state index is 12.0. The van der Waals surface area contributed by atoms with Gasteiger partial charge in [-0.3, -0.25) is 9.59 Å². The Bertz CT molecular complexity index is 283. The number of halogens is 2. The zero-order chi connectivity index (χ0) is 12.3. The minimum absolute atomic E-state index is 0.266. The van der Waals surface area contributed by atoms with E-state index in [9.17, 15) is 18.4 Å². The number of hydrogen-bond donors (Lipinski definition) is 1. The van der Waals surface area contributed by atoms with Crippen LogP contribution in [0.25, 0.3) is 0 Å². The minimum Gasteiger partial charge on any atom is -0.481 e. The lowest BCUT2D eigenvalue weighted by Gasteiger charge is -2.20. The fraction of sp³-hybridized carbons (Fsp3) is 0.800. The minimum atomic E-state index is -2.55. The predicted molar refractivity (Wildman–Crippen MR) is 52.1 cm³/mol. The molecular weight excluding hydrogens is 220 g/mol. The van der Waals surface area contributed by atoms with Gasteiger partial charge in [0.05, 0.1) is 12.5 Å². The van der Waals surface area contributed by atoms with E-state index in [-0.39, 0.29) is 12.3 Å². The van der Waals surface area contributed by atoms with Crippen LogP contribution in [0.4, 0.5) is 8.78 Å². The van der Waals surface area contributed by atoms with E-state index in [1.807, 2.05) is 0 Å². The molecule has 0 heterocycles. The van der Waals surface area contributed by atoms with E-state index in [0.717, 1.165) is 4.90 Å². The van der Waals surface area contributed by atoms with Crippen LogP contribution in [-0.2, 0) is 9.59 Å². The van der Waals surface area contributed by atoms with Gasteiger partial charge in [-0.15, -0.1) is 0 Å². The smallest absolute Gasteiger partial charge is 0.306 e. The van der Waals surface area contributed by atoms with E-state index in [0.29, 0.717) is 12.8 Å². The second-order valence-corrected chi connectivity index (χ2v) is 4.15. The van der Waals surface area contributed by atoms with Gasteiger partial charge in [0.25, 0.3) is 6.43 Å². The lowest BCUT2D eigenvalue weighted by atomic mass is 10.0. The molecule has 0 unspecified atom stereocenters. The Labute approximate surface area is 92.2 Å². The summed E-state index contributed by atoms with van der Waals surface area (Å²) in [4.78, 5) is 23.3. The lowest BCUT2D eigenvalue weighted by molar-refractivity contribution is -0.141. The summed E-state index contributed by atoms with van der Waals surface area (Å²) in [7, 11) is 1.32. The van der Waals surface area contributed by atoms with Crippen LogP contribution in [0.1, 0.15) is 19.3 Å². The maximum Gasteiger partial charge on any atom is 0.306 e. The Hall–Kier alpha value is -1.20. The van der Waals surface area contributed by atoms with Crippen LogP contribution in [0.5, 0.6) is 0 Å². The Balaban J connectivity index is 2.47. The highest BCUT2D eigenvalue weighted by Gasteiger charge is 2.35. The maximum absolute atomic E-state index is 12.0. The molecule has 0 spiro atoms. The Morgan fingerprint density at radius 1 is 1.38 bits per heavy atom. The summed E-state index contributed by atoms with van der Waals surface area (Å²) in [5.41, 5.74) is 0. The third-order valence-electron chi connectivity index (χ3n) is 2.92. The van der Waals surface area contributed by atoms with E-state index >= 15 is 0 Å². The van der Waals surface area contributed by atoms with E-state index in [4.69, 9.17) is 5.11 Å². The van der Waals surface area contributed by atoms with Crippen LogP contribution in [0.3, 0.4) is 0 Å². The monoisotopic (exact) mass is 235 g/mol. The summed E-state index contributed by atoms with van der Waals surface area (Å²) in [6, 6.07) is 0. The summed E-state index contributed by atoms with van der Waals surface area (Å²) < 4.78 is 24.1. The summed E-state index contributed by atoms with van der Waals surface area (Å²) in [5, 5.41) is 8.75. The van der Waals surface area contributed by atoms with Gasteiger partial charge in [0.2, 0.25) is 5.91 Å². The fourth-order valence-electron chi connectivity index (χ4n) is 2.04. The molecule has 1 saturated carbocycles. The Morgan fingerprint density at radius 2 is 1.94 bits per heavy atom. The van der Waals surface area contributed by atoms with Crippen molar-refractivity contribution in [1.82, 2.24) is 4.90 Å². The molecule has 1 rings (SSSR count). The van der Waals surface area contributed by atoms with Crippen molar-refractivity contribution in [1.29, 1.82) is 0 Å². The predicted octanol–water partition coefficient (Wildman–Crippen LogP) is 1.21. The van der Waals surface area contributed by atoms with Gasteiger partial charge in [-0.05, 0) is 19.3 Å². The van der Waals surface area contributed by atoms with Crippen LogP contribution >= 0.6 is 0 Å². The number of rotatable bonds is 4. The number of aliphatic carboxylic acids is 1. The summed E-state index contributed by atoms with van der Waals surface area (Å²) >= 11 is 0. The van der Waals surface area contributed by atoms with Gasteiger partial charge in [0.15, 0.2) is 0 Å². The molecule has 1 fully saturated rings. The third kappa shape index (κ3) is 3.15.